The fourth-order valence-corrected chi connectivity index (χ4v) is 2.26. The third-order valence-electron chi connectivity index (χ3n) is 3.36. The maximum Gasteiger partial charge on any atom is 0.234 e. The van der Waals surface area contributed by atoms with Crippen LogP contribution < -0.4 is 11.1 Å². The molecule has 2 unspecified atom stereocenters. The largest absolute Gasteiger partial charge is 0.355 e. The van der Waals surface area contributed by atoms with Crippen molar-refractivity contribution >= 4 is 5.91 Å². The van der Waals surface area contributed by atoms with Crippen LogP contribution in [0.5, 0.6) is 0 Å². The predicted molar refractivity (Wildman–Crippen MR) is 81.2 cm³/mol. The van der Waals surface area contributed by atoms with E-state index in [1.807, 2.05) is 31.0 Å². The Morgan fingerprint density at radius 1 is 1.40 bits per heavy atom. The zero-order valence-corrected chi connectivity index (χ0v) is 12.7. The fourth-order valence-electron chi connectivity index (χ4n) is 2.26. The minimum absolute atomic E-state index is 0.0126. The molecule has 0 spiro atoms. The van der Waals surface area contributed by atoms with Crippen LogP contribution in [0.4, 0.5) is 0 Å². The Bertz CT molecular complexity index is 396. The third kappa shape index (κ3) is 4.90. The Balaban J connectivity index is 2.76. The lowest BCUT2D eigenvalue weighted by atomic mass is 9.97. The van der Waals surface area contributed by atoms with Gasteiger partial charge in [0.25, 0.3) is 0 Å². The molecule has 112 valence electrons. The zero-order valence-electron chi connectivity index (χ0n) is 12.7. The van der Waals surface area contributed by atoms with Gasteiger partial charge in [0, 0.05) is 25.0 Å². The molecular formula is C15H26N4O. The maximum absolute atomic E-state index is 11.9. The van der Waals surface area contributed by atoms with Gasteiger partial charge < -0.3 is 11.1 Å². The number of pyridine rings is 1. The lowest BCUT2D eigenvalue weighted by Gasteiger charge is -2.32. The van der Waals surface area contributed by atoms with Crippen LogP contribution in [0.15, 0.2) is 24.5 Å². The second-order valence-corrected chi connectivity index (χ2v) is 5.06. The molecule has 0 aliphatic carbocycles. The highest BCUT2D eigenvalue weighted by molar-refractivity contribution is 5.78. The number of amides is 1. The summed E-state index contributed by atoms with van der Waals surface area (Å²) in [5.41, 5.74) is 7.33. The van der Waals surface area contributed by atoms with Crippen molar-refractivity contribution in [3.8, 4) is 0 Å². The van der Waals surface area contributed by atoms with E-state index in [-0.39, 0.29) is 18.0 Å². The van der Waals surface area contributed by atoms with Gasteiger partial charge >= 0.3 is 0 Å². The maximum atomic E-state index is 11.9. The van der Waals surface area contributed by atoms with Crippen molar-refractivity contribution in [2.45, 2.75) is 38.8 Å². The molecule has 5 heteroatoms. The van der Waals surface area contributed by atoms with Crippen molar-refractivity contribution in [1.29, 1.82) is 0 Å². The van der Waals surface area contributed by atoms with Crippen molar-refractivity contribution in [1.82, 2.24) is 15.2 Å². The van der Waals surface area contributed by atoms with Crippen molar-refractivity contribution in [3.05, 3.63) is 30.1 Å². The molecule has 0 aliphatic heterocycles. The summed E-state index contributed by atoms with van der Waals surface area (Å²) in [5.74, 6) is 0.0386. The number of likely N-dealkylation sites (N-methyl/N-ethyl adjacent to an activating group) is 1. The highest BCUT2D eigenvalue weighted by Crippen LogP contribution is 2.22. The van der Waals surface area contributed by atoms with Gasteiger partial charge in [0.15, 0.2) is 0 Å². The Morgan fingerprint density at radius 2 is 2.05 bits per heavy atom. The molecule has 1 amide bonds. The van der Waals surface area contributed by atoms with E-state index in [1.165, 1.54) is 0 Å². The highest BCUT2D eigenvalue weighted by Gasteiger charge is 2.24. The van der Waals surface area contributed by atoms with E-state index >= 15 is 0 Å². The average Bonchev–Trinajstić information content (AvgIpc) is 2.46. The Labute approximate surface area is 121 Å². The molecule has 0 fully saturated rings. The van der Waals surface area contributed by atoms with E-state index < -0.39 is 0 Å². The number of carbonyl (C=O) groups is 1. The second-order valence-electron chi connectivity index (χ2n) is 5.06. The molecule has 0 saturated heterocycles. The number of nitrogens with one attached hydrogen (secondary N) is 1. The van der Waals surface area contributed by atoms with Crippen LogP contribution in [0, 0.1) is 0 Å². The van der Waals surface area contributed by atoms with Gasteiger partial charge in [-0.15, -0.1) is 0 Å². The van der Waals surface area contributed by atoms with E-state index in [4.69, 9.17) is 5.73 Å². The first-order valence-electron chi connectivity index (χ1n) is 7.22. The summed E-state index contributed by atoms with van der Waals surface area (Å²) in [5, 5.41) is 2.89. The number of hydrogen-bond acceptors (Lipinski definition) is 4. The zero-order chi connectivity index (χ0) is 15.0. The molecule has 1 rings (SSSR count). The van der Waals surface area contributed by atoms with E-state index in [9.17, 15) is 4.79 Å². The minimum Gasteiger partial charge on any atom is -0.355 e. The number of nitrogens with zero attached hydrogens (tertiary/aromatic N) is 2. The van der Waals surface area contributed by atoms with Gasteiger partial charge in [-0.25, -0.2) is 0 Å². The van der Waals surface area contributed by atoms with Crippen molar-refractivity contribution in [3.63, 3.8) is 0 Å². The summed E-state index contributed by atoms with van der Waals surface area (Å²) in [6.07, 6.45) is 5.32. The van der Waals surface area contributed by atoms with E-state index in [0.29, 0.717) is 13.1 Å². The standard InChI is InChI=1S/C15H26N4O/c1-4-8-18-14(20)11-19(3)15(13(16)5-2)12-6-9-17-10-7-12/h6-7,9-10,13,15H,4-5,8,11,16H2,1-3H3,(H,18,20). The number of nitrogens with two attached hydrogens (primary N) is 1. The minimum atomic E-state index is -0.0126. The van der Waals surface area contributed by atoms with Gasteiger partial charge in [-0.05, 0) is 37.6 Å². The highest BCUT2D eigenvalue weighted by atomic mass is 16.2. The predicted octanol–water partition coefficient (Wildman–Crippen LogP) is 1.32. The summed E-state index contributed by atoms with van der Waals surface area (Å²) in [6.45, 7) is 5.16. The quantitative estimate of drug-likeness (QED) is 0.752. The lowest BCUT2D eigenvalue weighted by molar-refractivity contribution is -0.122. The Hall–Kier alpha value is -1.46. The molecular weight excluding hydrogens is 252 g/mol. The smallest absolute Gasteiger partial charge is 0.234 e. The number of aromatic nitrogens is 1. The molecule has 0 aliphatic rings. The third-order valence-corrected chi connectivity index (χ3v) is 3.36. The monoisotopic (exact) mass is 278 g/mol. The Morgan fingerprint density at radius 3 is 2.60 bits per heavy atom. The molecule has 5 nitrogen and oxygen atoms in total. The molecule has 0 radical (unpaired) electrons. The summed E-state index contributed by atoms with van der Waals surface area (Å²) in [6, 6.07) is 3.93. The van der Waals surface area contributed by atoms with Crippen LogP contribution in [0.2, 0.25) is 0 Å². The van der Waals surface area contributed by atoms with Gasteiger partial charge in [-0.1, -0.05) is 13.8 Å². The molecule has 20 heavy (non-hydrogen) atoms. The summed E-state index contributed by atoms with van der Waals surface area (Å²) in [4.78, 5) is 17.9. The molecule has 0 aromatic carbocycles. The lowest BCUT2D eigenvalue weighted by Crippen LogP contribution is -2.43. The second kappa shape index (κ2) is 8.66. The van der Waals surface area contributed by atoms with Crippen molar-refractivity contribution < 1.29 is 4.79 Å². The molecule has 2 atom stereocenters. The first-order valence-corrected chi connectivity index (χ1v) is 7.22. The van der Waals surface area contributed by atoms with Crippen LogP contribution in [-0.4, -0.2) is 42.0 Å². The molecule has 0 bridgehead atoms. The number of hydrogen-bond donors (Lipinski definition) is 2. The van der Waals surface area contributed by atoms with Crippen molar-refractivity contribution in [2.75, 3.05) is 20.1 Å². The van der Waals surface area contributed by atoms with E-state index in [2.05, 4.69) is 17.2 Å². The molecule has 0 saturated carbocycles. The topological polar surface area (TPSA) is 71.2 Å². The molecule has 1 heterocycles. The van der Waals surface area contributed by atoms with Gasteiger partial charge in [0.2, 0.25) is 5.91 Å². The van der Waals surface area contributed by atoms with Gasteiger partial charge in [0.1, 0.15) is 0 Å². The van der Waals surface area contributed by atoms with Crippen LogP contribution in [0.25, 0.3) is 0 Å². The summed E-state index contributed by atoms with van der Waals surface area (Å²) >= 11 is 0. The van der Waals surface area contributed by atoms with Crippen LogP contribution in [0.3, 0.4) is 0 Å². The van der Waals surface area contributed by atoms with E-state index in [1.54, 1.807) is 12.4 Å². The SMILES string of the molecule is CCCNC(=O)CN(C)C(c1ccncc1)C(N)CC. The first-order chi connectivity index (χ1) is 9.60. The first kappa shape index (κ1) is 16.6. The van der Waals surface area contributed by atoms with Gasteiger partial charge in [-0.2, -0.15) is 0 Å². The molecule has 1 aromatic rings. The average molecular weight is 278 g/mol. The van der Waals surface area contributed by atoms with Gasteiger partial charge in [-0.3, -0.25) is 14.7 Å². The number of rotatable bonds is 8. The summed E-state index contributed by atoms with van der Waals surface area (Å²) in [7, 11) is 1.94. The normalized spacial score (nSPS) is 14.1. The van der Waals surface area contributed by atoms with Crippen molar-refractivity contribution in [2.24, 2.45) is 5.73 Å². The molecule has 1 aromatic heterocycles. The summed E-state index contributed by atoms with van der Waals surface area (Å²) < 4.78 is 0. The van der Waals surface area contributed by atoms with Crippen LogP contribution >= 0.6 is 0 Å². The van der Waals surface area contributed by atoms with Gasteiger partial charge in [0.05, 0.1) is 12.6 Å². The number of carbonyl (C=O) groups excluding carboxylic acids is 1. The fraction of sp³-hybridized carbons (Fsp3) is 0.600. The van der Waals surface area contributed by atoms with Crippen LogP contribution in [-0.2, 0) is 4.79 Å². The van der Waals surface area contributed by atoms with Crippen LogP contribution in [0.1, 0.15) is 38.3 Å². The Kier molecular flexibility index (Phi) is 7.18. The molecule has 3 N–H and O–H groups in total. The van der Waals surface area contributed by atoms with E-state index in [0.717, 1.165) is 18.4 Å².